The summed E-state index contributed by atoms with van der Waals surface area (Å²) in [7, 11) is 0. The highest BCUT2D eigenvalue weighted by Crippen LogP contribution is 2.17. The van der Waals surface area contributed by atoms with Gasteiger partial charge in [0, 0.05) is 25.4 Å². The first kappa shape index (κ1) is 16.2. The van der Waals surface area contributed by atoms with Crippen molar-refractivity contribution in [3.05, 3.63) is 70.4 Å². The van der Waals surface area contributed by atoms with Gasteiger partial charge in [-0.15, -0.1) is 0 Å². The van der Waals surface area contributed by atoms with Gasteiger partial charge in [-0.2, -0.15) is 0 Å². The Morgan fingerprint density at radius 3 is 2.38 bits per heavy atom. The van der Waals surface area contributed by atoms with Gasteiger partial charge >= 0.3 is 0 Å². The van der Waals surface area contributed by atoms with Crippen molar-refractivity contribution >= 4 is 17.7 Å². The first-order chi connectivity index (χ1) is 11.6. The van der Waals surface area contributed by atoms with Crippen LogP contribution in [0.25, 0.3) is 11.8 Å². The Morgan fingerprint density at radius 2 is 1.71 bits per heavy atom. The van der Waals surface area contributed by atoms with Gasteiger partial charge in [-0.05, 0) is 49.1 Å². The average Bonchev–Trinajstić information content (AvgIpc) is 2.62. The van der Waals surface area contributed by atoms with Crippen LogP contribution in [0.5, 0.6) is 0 Å². The highest BCUT2D eigenvalue weighted by Gasteiger charge is 2.22. The molecule has 1 saturated heterocycles. The van der Waals surface area contributed by atoms with Crippen LogP contribution in [0, 0.1) is 5.82 Å². The summed E-state index contributed by atoms with van der Waals surface area (Å²) in [6, 6.07) is 10.6. The molecular weight excluding hydrogens is 307 g/mol. The largest absolute Gasteiger partial charge is 0.337 e. The molecule has 0 aliphatic carbocycles. The number of carbonyl (C=O) groups excluding carboxylic acids is 1. The minimum absolute atomic E-state index is 0.174. The number of benzene rings is 1. The van der Waals surface area contributed by atoms with E-state index in [9.17, 15) is 14.0 Å². The van der Waals surface area contributed by atoms with Crippen molar-refractivity contribution in [1.29, 1.82) is 0 Å². The fourth-order valence-corrected chi connectivity index (χ4v) is 2.84. The molecule has 1 amide bonds. The molecule has 2 aromatic rings. The van der Waals surface area contributed by atoms with E-state index in [-0.39, 0.29) is 23.0 Å². The number of amides is 1. The van der Waals surface area contributed by atoms with E-state index in [4.69, 9.17) is 0 Å². The highest BCUT2D eigenvalue weighted by atomic mass is 19.1. The zero-order valence-corrected chi connectivity index (χ0v) is 13.3. The molecule has 1 aromatic heterocycles. The van der Waals surface area contributed by atoms with E-state index in [1.165, 1.54) is 22.8 Å². The van der Waals surface area contributed by atoms with E-state index >= 15 is 0 Å². The lowest BCUT2D eigenvalue weighted by Gasteiger charge is -2.28. The van der Waals surface area contributed by atoms with E-state index in [0.29, 0.717) is 18.7 Å². The Hall–Kier alpha value is -2.69. The van der Waals surface area contributed by atoms with E-state index in [1.54, 1.807) is 41.4 Å². The first-order valence-corrected chi connectivity index (χ1v) is 8.10. The summed E-state index contributed by atoms with van der Waals surface area (Å²) in [5.74, 6) is -0.514. The van der Waals surface area contributed by atoms with Crippen molar-refractivity contribution in [3.8, 4) is 0 Å². The second-order valence-corrected chi connectivity index (χ2v) is 5.84. The summed E-state index contributed by atoms with van der Waals surface area (Å²) < 4.78 is 14.5. The molecule has 1 fully saturated rings. The van der Waals surface area contributed by atoms with E-state index in [1.807, 2.05) is 0 Å². The van der Waals surface area contributed by atoms with Crippen LogP contribution in [0.2, 0.25) is 0 Å². The normalized spacial score (nSPS) is 15.4. The highest BCUT2D eigenvalue weighted by molar-refractivity contribution is 6.18. The van der Waals surface area contributed by atoms with Gasteiger partial charge in [-0.3, -0.25) is 14.2 Å². The number of nitrogens with zero attached hydrogens (tertiary/aromatic N) is 2. The molecule has 0 saturated carbocycles. The number of rotatable bonds is 3. The maximum Gasteiger partial charge on any atom is 0.270 e. The molecule has 2 heterocycles. The zero-order valence-electron chi connectivity index (χ0n) is 13.3. The Kier molecular flexibility index (Phi) is 4.89. The number of aromatic nitrogens is 1. The van der Waals surface area contributed by atoms with Crippen LogP contribution in [0.3, 0.4) is 0 Å². The number of likely N-dealkylation sites (tertiary alicyclic amines) is 1. The Morgan fingerprint density at radius 1 is 1.00 bits per heavy atom. The Labute approximate surface area is 139 Å². The van der Waals surface area contributed by atoms with E-state index in [2.05, 4.69) is 0 Å². The summed E-state index contributed by atoms with van der Waals surface area (Å²) in [4.78, 5) is 26.9. The molecule has 1 aromatic carbocycles. The lowest BCUT2D eigenvalue weighted by atomic mass is 10.1. The van der Waals surface area contributed by atoms with Crippen LogP contribution in [-0.4, -0.2) is 28.5 Å². The third-order valence-electron chi connectivity index (χ3n) is 4.12. The van der Waals surface area contributed by atoms with Gasteiger partial charge < -0.3 is 4.90 Å². The van der Waals surface area contributed by atoms with Gasteiger partial charge in [0.2, 0.25) is 0 Å². The van der Waals surface area contributed by atoms with Crippen molar-refractivity contribution in [2.75, 3.05) is 13.1 Å². The van der Waals surface area contributed by atoms with Crippen LogP contribution in [0.1, 0.15) is 24.8 Å². The lowest BCUT2D eigenvalue weighted by molar-refractivity contribution is -0.126. The van der Waals surface area contributed by atoms with Crippen LogP contribution < -0.4 is 5.56 Å². The summed E-state index contributed by atoms with van der Waals surface area (Å²) in [5, 5.41) is 0. The first-order valence-electron chi connectivity index (χ1n) is 8.10. The third-order valence-corrected chi connectivity index (χ3v) is 4.12. The number of carbonyl (C=O) groups is 1. The molecule has 0 atom stereocenters. The number of halogens is 1. The van der Waals surface area contributed by atoms with Crippen molar-refractivity contribution in [3.63, 3.8) is 0 Å². The maximum atomic E-state index is 13.1. The van der Waals surface area contributed by atoms with Crippen molar-refractivity contribution in [1.82, 2.24) is 9.47 Å². The zero-order chi connectivity index (χ0) is 16.9. The van der Waals surface area contributed by atoms with Crippen LogP contribution in [0.15, 0.2) is 53.5 Å². The molecule has 5 heteroatoms. The molecule has 24 heavy (non-hydrogen) atoms. The van der Waals surface area contributed by atoms with Crippen molar-refractivity contribution < 1.29 is 9.18 Å². The topological polar surface area (TPSA) is 42.3 Å². The number of hydrogen-bond acceptors (Lipinski definition) is 2. The SMILES string of the molecule is O=C(/C(=C\c1ccc(F)cc1)n1ccccc1=O)N1CCCCC1. The van der Waals surface area contributed by atoms with Crippen molar-refractivity contribution in [2.24, 2.45) is 0 Å². The molecule has 1 aliphatic heterocycles. The fraction of sp³-hybridized carbons (Fsp3) is 0.263. The maximum absolute atomic E-state index is 13.1. The van der Waals surface area contributed by atoms with Gasteiger partial charge in [0.05, 0.1) is 0 Å². The molecule has 0 radical (unpaired) electrons. The van der Waals surface area contributed by atoms with Crippen LogP contribution in [0.4, 0.5) is 4.39 Å². The summed E-state index contributed by atoms with van der Waals surface area (Å²) in [5.41, 5.74) is 0.692. The quantitative estimate of drug-likeness (QED) is 0.814. The molecule has 124 valence electrons. The molecule has 0 N–H and O–H groups in total. The summed E-state index contributed by atoms with van der Waals surface area (Å²) in [6.45, 7) is 1.39. The molecular formula is C19H19FN2O2. The molecule has 4 nitrogen and oxygen atoms in total. The Bertz CT molecular complexity index is 803. The van der Waals surface area contributed by atoms with Gasteiger partial charge in [-0.25, -0.2) is 4.39 Å². The molecule has 0 unspecified atom stereocenters. The van der Waals surface area contributed by atoms with E-state index < -0.39 is 0 Å². The predicted octanol–water partition coefficient (Wildman–Crippen LogP) is 3.00. The monoisotopic (exact) mass is 326 g/mol. The molecule has 1 aliphatic rings. The number of hydrogen-bond donors (Lipinski definition) is 0. The second kappa shape index (κ2) is 7.25. The van der Waals surface area contributed by atoms with Gasteiger partial charge in [-0.1, -0.05) is 18.2 Å². The summed E-state index contributed by atoms with van der Waals surface area (Å²) >= 11 is 0. The summed E-state index contributed by atoms with van der Waals surface area (Å²) in [6.07, 6.45) is 6.28. The minimum Gasteiger partial charge on any atom is -0.337 e. The minimum atomic E-state index is -0.340. The van der Waals surface area contributed by atoms with Gasteiger partial charge in [0.25, 0.3) is 11.5 Å². The van der Waals surface area contributed by atoms with Gasteiger partial charge in [0.1, 0.15) is 11.5 Å². The second-order valence-electron chi connectivity index (χ2n) is 5.84. The molecule has 0 spiro atoms. The van der Waals surface area contributed by atoms with Crippen LogP contribution in [-0.2, 0) is 4.79 Å². The number of pyridine rings is 1. The third kappa shape index (κ3) is 3.62. The fourth-order valence-electron chi connectivity index (χ4n) is 2.84. The average molecular weight is 326 g/mol. The van der Waals surface area contributed by atoms with Crippen molar-refractivity contribution in [2.45, 2.75) is 19.3 Å². The van der Waals surface area contributed by atoms with Crippen LogP contribution >= 0.6 is 0 Å². The predicted molar refractivity (Wildman–Crippen MR) is 91.7 cm³/mol. The number of piperidine rings is 1. The molecule has 0 bridgehead atoms. The molecule has 3 rings (SSSR count). The van der Waals surface area contributed by atoms with E-state index in [0.717, 1.165) is 19.3 Å². The Balaban J connectivity index is 2.03. The smallest absolute Gasteiger partial charge is 0.270 e. The lowest BCUT2D eigenvalue weighted by Crippen LogP contribution is -2.38. The standard InChI is InChI=1S/C19H19FN2O2/c20-16-9-7-15(8-10-16)14-17(22-13-5-2-6-18(22)23)19(24)21-11-3-1-4-12-21/h2,5-10,13-14H,1,3-4,11-12H2/b17-14+. The van der Waals surface area contributed by atoms with Gasteiger partial charge in [0.15, 0.2) is 0 Å².